The molecule has 0 radical (unpaired) electrons. The lowest BCUT2D eigenvalue weighted by atomic mass is 10.1. The number of halogens is 1. The number of aromatic nitrogens is 1. The number of pyridine rings is 1. The molecule has 104 valence electrons. The normalized spacial score (nSPS) is 11.9. The van der Waals surface area contributed by atoms with Gasteiger partial charge < -0.3 is 5.32 Å². The van der Waals surface area contributed by atoms with E-state index in [1.807, 2.05) is 49.5 Å². The van der Waals surface area contributed by atoms with Crippen LogP contribution in [0.4, 0.5) is 0 Å². The lowest BCUT2D eigenvalue weighted by molar-refractivity contribution is 0.0940. The van der Waals surface area contributed by atoms with Gasteiger partial charge in [0, 0.05) is 29.3 Å². The fraction of sp³-hybridized carbons (Fsp3) is 0.250. The number of alkyl halides is 1. The van der Waals surface area contributed by atoms with E-state index in [2.05, 4.69) is 26.2 Å². The summed E-state index contributed by atoms with van der Waals surface area (Å²) in [4.78, 5) is 16.3. The van der Waals surface area contributed by atoms with E-state index >= 15 is 0 Å². The summed E-state index contributed by atoms with van der Waals surface area (Å²) in [6.45, 7) is 2.00. The van der Waals surface area contributed by atoms with Crippen LogP contribution in [0.25, 0.3) is 0 Å². The van der Waals surface area contributed by atoms with Crippen LogP contribution in [-0.2, 0) is 11.8 Å². The van der Waals surface area contributed by atoms with Crippen LogP contribution >= 0.6 is 15.9 Å². The molecular weight excluding hydrogens is 316 g/mol. The summed E-state index contributed by atoms with van der Waals surface area (Å²) in [5.41, 5.74) is 2.91. The SMILES string of the molecule is CC(Cc1cccnc1)NC(=O)c1cccc(CBr)c1. The van der Waals surface area contributed by atoms with Gasteiger partial charge in [-0.05, 0) is 42.7 Å². The van der Waals surface area contributed by atoms with Gasteiger partial charge in [0.15, 0.2) is 0 Å². The van der Waals surface area contributed by atoms with Gasteiger partial charge in [-0.15, -0.1) is 0 Å². The molecule has 1 unspecified atom stereocenters. The maximum Gasteiger partial charge on any atom is 0.251 e. The van der Waals surface area contributed by atoms with Crippen LogP contribution in [0.3, 0.4) is 0 Å². The molecular formula is C16H17BrN2O. The minimum absolute atomic E-state index is 0.0378. The molecule has 2 rings (SSSR count). The van der Waals surface area contributed by atoms with Crippen molar-refractivity contribution in [2.75, 3.05) is 0 Å². The Kier molecular flexibility index (Phi) is 5.30. The minimum atomic E-state index is -0.0378. The van der Waals surface area contributed by atoms with Crippen molar-refractivity contribution in [3.63, 3.8) is 0 Å². The molecule has 0 fully saturated rings. The molecule has 4 heteroatoms. The molecule has 1 atom stereocenters. The Labute approximate surface area is 127 Å². The van der Waals surface area contributed by atoms with E-state index < -0.39 is 0 Å². The van der Waals surface area contributed by atoms with Crippen molar-refractivity contribution in [2.45, 2.75) is 24.7 Å². The smallest absolute Gasteiger partial charge is 0.251 e. The Morgan fingerprint density at radius 1 is 1.30 bits per heavy atom. The summed E-state index contributed by atoms with van der Waals surface area (Å²) in [5.74, 6) is -0.0378. The molecule has 20 heavy (non-hydrogen) atoms. The van der Waals surface area contributed by atoms with Crippen LogP contribution in [0.5, 0.6) is 0 Å². The highest BCUT2D eigenvalue weighted by atomic mass is 79.9. The van der Waals surface area contributed by atoms with E-state index in [-0.39, 0.29) is 11.9 Å². The van der Waals surface area contributed by atoms with E-state index in [1.165, 1.54) is 0 Å². The van der Waals surface area contributed by atoms with Gasteiger partial charge in [-0.2, -0.15) is 0 Å². The highest BCUT2D eigenvalue weighted by Crippen LogP contribution is 2.09. The molecule has 0 aliphatic heterocycles. The predicted octanol–water partition coefficient (Wildman–Crippen LogP) is 3.34. The minimum Gasteiger partial charge on any atom is -0.349 e. The third kappa shape index (κ3) is 4.17. The van der Waals surface area contributed by atoms with E-state index in [4.69, 9.17) is 0 Å². The van der Waals surface area contributed by atoms with Crippen LogP contribution in [0.1, 0.15) is 28.4 Å². The Bertz CT molecular complexity index is 572. The quantitative estimate of drug-likeness (QED) is 0.853. The van der Waals surface area contributed by atoms with Crippen LogP contribution in [0, 0.1) is 0 Å². The van der Waals surface area contributed by atoms with Gasteiger partial charge in [-0.1, -0.05) is 34.1 Å². The Balaban J connectivity index is 1.96. The maximum absolute atomic E-state index is 12.2. The molecule has 0 saturated heterocycles. The van der Waals surface area contributed by atoms with Gasteiger partial charge in [0.1, 0.15) is 0 Å². The van der Waals surface area contributed by atoms with Gasteiger partial charge >= 0.3 is 0 Å². The number of benzene rings is 1. The van der Waals surface area contributed by atoms with Crippen molar-refractivity contribution in [3.8, 4) is 0 Å². The van der Waals surface area contributed by atoms with Gasteiger partial charge in [-0.25, -0.2) is 0 Å². The van der Waals surface area contributed by atoms with E-state index in [0.29, 0.717) is 5.56 Å². The molecule has 1 aromatic heterocycles. The number of nitrogens with zero attached hydrogens (tertiary/aromatic N) is 1. The van der Waals surface area contributed by atoms with Crippen LogP contribution in [-0.4, -0.2) is 16.9 Å². The number of carbonyl (C=O) groups excluding carboxylic acids is 1. The molecule has 1 amide bonds. The monoisotopic (exact) mass is 332 g/mol. The third-order valence-electron chi connectivity index (χ3n) is 2.99. The third-order valence-corrected chi connectivity index (χ3v) is 3.63. The summed E-state index contributed by atoms with van der Waals surface area (Å²) < 4.78 is 0. The number of carbonyl (C=O) groups is 1. The Morgan fingerprint density at radius 2 is 2.10 bits per heavy atom. The lowest BCUT2D eigenvalue weighted by Crippen LogP contribution is -2.34. The van der Waals surface area contributed by atoms with Gasteiger partial charge in [0.2, 0.25) is 0 Å². The van der Waals surface area contributed by atoms with E-state index in [0.717, 1.165) is 22.9 Å². The predicted molar refractivity (Wildman–Crippen MR) is 83.9 cm³/mol. The average molecular weight is 333 g/mol. The first-order valence-corrected chi connectivity index (χ1v) is 7.66. The molecule has 0 saturated carbocycles. The van der Waals surface area contributed by atoms with Crippen molar-refractivity contribution < 1.29 is 4.79 Å². The molecule has 1 aromatic carbocycles. The molecule has 2 aromatic rings. The van der Waals surface area contributed by atoms with Crippen LogP contribution in [0.2, 0.25) is 0 Å². The fourth-order valence-electron chi connectivity index (χ4n) is 2.03. The van der Waals surface area contributed by atoms with Crippen molar-refractivity contribution in [3.05, 3.63) is 65.5 Å². The summed E-state index contributed by atoms with van der Waals surface area (Å²) >= 11 is 3.40. The molecule has 0 bridgehead atoms. The van der Waals surface area contributed by atoms with Crippen LogP contribution in [0.15, 0.2) is 48.8 Å². The standard InChI is InChI=1S/C16H17BrN2O/c1-12(8-14-5-3-7-18-11-14)19-16(20)15-6-2-4-13(9-15)10-17/h2-7,9,11-12H,8,10H2,1H3,(H,19,20). The molecule has 3 nitrogen and oxygen atoms in total. The van der Waals surface area contributed by atoms with Gasteiger partial charge in [0.25, 0.3) is 5.91 Å². The van der Waals surface area contributed by atoms with Crippen molar-refractivity contribution in [1.29, 1.82) is 0 Å². The molecule has 0 aliphatic carbocycles. The van der Waals surface area contributed by atoms with E-state index in [9.17, 15) is 4.79 Å². The molecule has 1 N–H and O–H groups in total. The number of nitrogens with one attached hydrogen (secondary N) is 1. The highest BCUT2D eigenvalue weighted by molar-refractivity contribution is 9.08. The second-order valence-electron chi connectivity index (χ2n) is 4.77. The number of hydrogen-bond donors (Lipinski definition) is 1. The maximum atomic E-state index is 12.2. The first-order valence-electron chi connectivity index (χ1n) is 6.53. The topological polar surface area (TPSA) is 42.0 Å². The zero-order valence-corrected chi connectivity index (χ0v) is 12.9. The molecule has 0 aliphatic rings. The summed E-state index contributed by atoms with van der Waals surface area (Å²) in [6, 6.07) is 11.6. The first kappa shape index (κ1) is 14.7. The van der Waals surface area contributed by atoms with Crippen molar-refractivity contribution in [2.24, 2.45) is 0 Å². The zero-order chi connectivity index (χ0) is 14.4. The number of amides is 1. The zero-order valence-electron chi connectivity index (χ0n) is 11.3. The first-order chi connectivity index (χ1) is 9.69. The van der Waals surface area contributed by atoms with Crippen molar-refractivity contribution >= 4 is 21.8 Å². The number of rotatable bonds is 5. The largest absolute Gasteiger partial charge is 0.349 e. The van der Waals surface area contributed by atoms with Gasteiger partial charge in [0.05, 0.1) is 0 Å². The second kappa shape index (κ2) is 7.20. The molecule has 1 heterocycles. The number of hydrogen-bond acceptors (Lipinski definition) is 2. The fourth-order valence-corrected chi connectivity index (χ4v) is 2.38. The Hall–Kier alpha value is -1.68. The highest BCUT2D eigenvalue weighted by Gasteiger charge is 2.10. The van der Waals surface area contributed by atoms with Gasteiger partial charge in [-0.3, -0.25) is 9.78 Å². The van der Waals surface area contributed by atoms with E-state index in [1.54, 1.807) is 6.20 Å². The molecule has 0 spiro atoms. The van der Waals surface area contributed by atoms with Crippen molar-refractivity contribution in [1.82, 2.24) is 10.3 Å². The lowest BCUT2D eigenvalue weighted by Gasteiger charge is -2.14. The summed E-state index contributed by atoms with van der Waals surface area (Å²) in [5, 5.41) is 3.76. The average Bonchev–Trinajstić information content (AvgIpc) is 2.48. The second-order valence-corrected chi connectivity index (χ2v) is 5.33. The summed E-state index contributed by atoms with van der Waals surface area (Å²) in [7, 11) is 0. The summed E-state index contributed by atoms with van der Waals surface area (Å²) in [6.07, 6.45) is 4.35. The van der Waals surface area contributed by atoms with Crippen LogP contribution < -0.4 is 5.32 Å². The Morgan fingerprint density at radius 3 is 2.80 bits per heavy atom.